The Morgan fingerprint density at radius 2 is 2.31 bits per heavy atom. The van der Waals surface area contributed by atoms with Gasteiger partial charge in [-0.1, -0.05) is 6.07 Å². The van der Waals surface area contributed by atoms with Gasteiger partial charge in [-0.25, -0.2) is 4.98 Å². The Kier molecular flexibility index (Phi) is 3.31. The molecular weight excluding hydrogens is 184 g/mol. The summed E-state index contributed by atoms with van der Waals surface area (Å²) in [7, 11) is 0. The summed E-state index contributed by atoms with van der Waals surface area (Å²) in [6.07, 6.45) is 1.71. The first-order valence-electron chi connectivity index (χ1n) is 4.01. The summed E-state index contributed by atoms with van der Waals surface area (Å²) in [4.78, 5) is 15.2. The van der Waals surface area contributed by atoms with Gasteiger partial charge in [0.05, 0.1) is 5.25 Å². The van der Waals surface area contributed by atoms with Crippen LogP contribution in [0.15, 0.2) is 18.3 Å². The first-order valence-corrected chi connectivity index (χ1v) is 4.53. The zero-order valence-corrected chi connectivity index (χ0v) is 8.51. The van der Waals surface area contributed by atoms with E-state index < -0.39 is 0 Å². The predicted octanol–water partition coefficient (Wildman–Crippen LogP) is 1.65. The highest BCUT2D eigenvalue weighted by Gasteiger charge is 2.07. The minimum absolute atomic E-state index is 0.139. The van der Waals surface area contributed by atoms with Gasteiger partial charge in [0.15, 0.2) is 0 Å². The highest BCUT2D eigenvalue weighted by Crippen LogP contribution is 2.05. The number of aryl methyl sites for hydroxylation is 1. The van der Waals surface area contributed by atoms with E-state index in [4.69, 9.17) is 0 Å². The van der Waals surface area contributed by atoms with E-state index in [0.29, 0.717) is 5.82 Å². The fourth-order valence-corrected chi connectivity index (χ4v) is 0.837. The van der Waals surface area contributed by atoms with E-state index in [0.717, 1.165) is 5.56 Å². The molecule has 1 aromatic heterocycles. The van der Waals surface area contributed by atoms with Crippen LogP contribution in [0.5, 0.6) is 0 Å². The van der Waals surface area contributed by atoms with Gasteiger partial charge in [-0.3, -0.25) is 4.79 Å². The van der Waals surface area contributed by atoms with Crippen molar-refractivity contribution in [2.24, 2.45) is 0 Å². The zero-order chi connectivity index (χ0) is 9.84. The van der Waals surface area contributed by atoms with Gasteiger partial charge < -0.3 is 5.32 Å². The molecule has 70 valence electrons. The molecule has 4 heteroatoms. The van der Waals surface area contributed by atoms with Crippen molar-refractivity contribution in [1.82, 2.24) is 4.98 Å². The third kappa shape index (κ3) is 3.06. The molecule has 1 unspecified atom stereocenters. The smallest absolute Gasteiger partial charge is 0.238 e. The molecule has 1 amide bonds. The number of rotatable bonds is 2. The zero-order valence-electron chi connectivity index (χ0n) is 7.61. The Labute approximate surface area is 83.0 Å². The second-order valence-corrected chi connectivity index (χ2v) is 3.66. The Balaban J connectivity index is 2.65. The number of nitrogens with zero attached hydrogens (tertiary/aromatic N) is 1. The Morgan fingerprint density at radius 1 is 1.62 bits per heavy atom. The van der Waals surface area contributed by atoms with Gasteiger partial charge in [0.2, 0.25) is 5.91 Å². The molecule has 0 fully saturated rings. The van der Waals surface area contributed by atoms with Crippen LogP contribution in [0, 0.1) is 6.92 Å². The molecule has 1 rings (SSSR count). The number of carbonyl (C=O) groups is 1. The van der Waals surface area contributed by atoms with Crippen molar-refractivity contribution in [3.05, 3.63) is 23.9 Å². The largest absolute Gasteiger partial charge is 0.310 e. The molecule has 0 aromatic carbocycles. The van der Waals surface area contributed by atoms with E-state index in [1.165, 1.54) is 0 Å². The SMILES string of the molecule is Cc1ccc(NC(=O)C(C)S)nc1. The monoisotopic (exact) mass is 196 g/mol. The summed E-state index contributed by atoms with van der Waals surface area (Å²) >= 11 is 4.00. The molecule has 0 bridgehead atoms. The average molecular weight is 196 g/mol. The molecule has 0 saturated carbocycles. The second kappa shape index (κ2) is 4.28. The predicted molar refractivity (Wildman–Crippen MR) is 56.1 cm³/mol. The van der Waals surface area contributed by atoms with E-state index in [2.05, 4.69) is 22.9 Å². The number of anilines is 1. The Bertz CT molecular complexity index is 295. The highest BCUT2D eigenvalue weighted by molar-refractivity contribution is 7.81. The molecule has 1 N–H and O–H groups in total. The van der Waals surface area contributed by atoms with Gasteiger partial charge in [0.1, 0.15) is 5.82 Å². The van der Waals surface area contributed by atoms with Crippen LogP contribution >= 0.6 is 12.6 Å². The molecule has 1 atom stereocenters. The van der Waals surface area contributed by atoms with Crippen molar-refractivity contribution in [3.63, 3.8) is 0 Å². The van der Waals surface area contributed by atoms with Crippen molar-refractivity contribution in [2.75, 3.05) is 5.32 Å². The number of nitrogens with one attached hydrogen (secondary N) is 1. The normalized spacial score (nSPS) is 12.2. The lowest BCUT2D eigenvalue weighted by Gasteiger charge is -2.05. The minimum Gasteiger partial charge on any atom is -0.310 e. The Morgan fingerprint density at radius 3 is 2.77 bits per heavy atom. The van der Waals surface area contributed by atoms with E-state index >= 15 is 0 Å². The number of carbonyl (C=O) groups excluding carboxylic acids is 1. The van der Waals surface area contributed by atoms with E-state index in [9.17, 15) is 4.79 Å². The second-order valence-electron chi connectivity index (χ2n) is 2.89. The van der Waals surface area contributed by atoms with Crippen LogP contribution in [-0.4, -0.2) is 16.1 Å². The maximum absolute atomic E-state index is 11.2. The summed E-state index contributed by atoms with van der Waals surface area (Å²) in [6.45, 7) is 3.66. The number of hydrogen-bond donors (Lipinski definition) is 2. The van der Waals surface area contributed by atoms with Gasteiger partial charge in [-0.05, 0) is 25.5 Å². The fraction of sp³-hybridized carbons (Fsp3) is 0.333. The molecule has 0 aliphatic carbocycles. The molecule has 0 saturated heterocycles. The van der Waals surface area contributed by atoms with Crippen molar-refractivity contribution in [1.29, 1.82) is 0 Å². The first kappa shape index (κ1) is 10.1. The fourth-order valence-electron chi connectivity index (χ4n) is 0.772. The summed E-state index contributed by atoms with van der Waals surface area (Å²) in [5, 5.41) is 2.33. The van der Waals surface area contributed by atoms with Gasteiger partial charge in [-0.2, -0.15) is 12.6 Å². The topological polar surface area (TPSA) is 42.0 Å². The maximum atomic E-state index is 11.2. The summed E-state index contributed by atoms with van der Waals surface area (Å²) in [5.41, 5.74) is 1.07. The van der Waals surface area contributed by atoms with Crippen LogP contribution in [0.4, 0.5) is 5.82 Å². The number of hydrogen-bond acceptors (Lipinski definition) is 3. The standard InChI is InChI=1S/C9H12N2OS/c1-6-3-4-8(10-5-6)11-9(12)7(2)13/h3-5,7,13H,1-2H3,(H,10,11,12). The summed E-state index contributed by atoms with van der Waals surface area (Å²) < 4.78 is 0. The van der Waals surface area contributed by atoms with Gasteiger partial charge >= 0.3 is 0 Å². The summed E-state index contributed by atoms with van der Waals surface area (Å²) in [5.74, 6) is 0.427. The van der Waals surface area contributed by atoms with Crippen molar-refractivity contribution < 1.29 is 4.79 Å². The van der Waals surface area contributed by atoms with Crippen LogP contribution in [0.2, 0.25) is 0 Å². The molecule has 0 aliphatic rings. The molecule has 1 aromatic rings. The number of pyridine rings is 1. The maximum Gasteiger partial charge on any atom is 0.238 e. The Hall–Kier alpha value is -1.03. The quantitative estimate of drug-likeness (QED) is 0.706. The van der Waals surface area contributed by atoms with Crippen molar-refractivity contribution in [2.45, 2.75) is 19.1 Å². The average Bonchev–Trinajstić information content (AvgIpc) is 2.08. The molecule has 0 radical (unpaired) electrons. The minimum atomic E-state index is -0.317. The van der Waals surface area contributed by atoms with Crippen LogP contribution < -0.4 is 5.32 Å². The van der Waals surface area contributed by atoms with Gasteiger partial charge in [-0.15, -0.1) is 0 Å². The third-order valence-corrected chi connectivity index (χ3v) is 1.78. The molecule has 1 heterocycles. The molecule has 13 heavy (non-hydrogen) atoms. The third-order valence-electron chi connectivity index (χ3n) is 1.54. The van der Waals surface area contributed by atoms with Crippen LogP contribution in [-0.2, 0) is 4.79 Å². The van der Waals surface area contributed by atoms with Crippen LogP contribution in [0.1, 0.15) is 12.5 Å². The first-order chi connectivity index (χ1) is 6.09. The van der Waals surface area contributed by atoms with Crippen LogP contribution in [0.25, 0.3) is 0 Å². The lowest BCUT2D eigenvalue weighted by Crippen LogP contribution is -2.20. The lowest BCUT2D eigenvalue weighted by molar-refractivity contribution is -0.115. The van der Waals surface area contributed by atoms with E-state index in [1.807, 2.05) is 13.0 Å². The van der Waals surface area contributed by atoms with Crippen molar-refractivity contribution in [3.8, 4) is 0 Å². The van der Waals surface area contributed by atoms with Crippen LogP contribution in [0.3, 0.4) is 0 Å². The van der Waals surface area contributed by atoms with Gasteiger partial charge in [0, 0.05) is 6.20 Å². The lowest BCUT2D eigenvalue weighted by atomic mass is 10.3. The molecule has 0 aliphatic heterocycles. The van der Waals surface area contributed by atoms with E-state index in [1.54, 1.807) is 19.2 Å². The molecule has 3 nitrogen and oxygen atoms in total. The highest BCUT2D eigenvalue weighted by atomic mass is 32.1. The van der Waals surface area contributed by atoms with Gasteiger partial charge in [0.25, 0.3) is 0 Å². The van der Waals surface area contributed by atoms with E-state index in [-0.39, 0.29) is 11.2 Å². The molecule has 0 spiro atoms. The number of aromatic nitrogens is 1. The van der Waals surface area contributed by atoms with Crippen molar-refractivity contribution >= 4 is 24.4 Å². The number of amides is 1. The summed E-state index contributed by atoms with van der Waals surface area (Å²) in [6, 6.07) is 3.66. The number of thiol groups is 1. The molecular formula is C9H12N2OS.